The molecule has 1 aliphatic heterocycles. The van der Waals surface area contributed by atoms with Gasteiger partial charge in [0.05, 0.1) is 6.61 Å². The van der Waals surface area contributed by atoms with E-state index in [1.54, 1.807) is 7.11 Å². The highest BCUT2D eigenvalue weighted by Crippen LogP contribution is 2.22. The molecule has 1 N–H and O–H groups in total. The van der Waals surface area contributed by atoms with E-state index < -0.39 is 0 Å². The van der Waals surface area contributed by atoms with Gasteiger partial charge < -0.3 is 19.7 Å². The zero-order chi connectivity index (χ0) is 18.2. The molecule has 5 heteroatoms. The van der Waals surface area contributed by atoms with Crippen LogP contribution in [0.2, 0.25) is 0 Å². The Morgan fingerprint density at radius 1 is 1.15 bits per heavy atom. The van der Waals surface area contributed by atoms with E-state index in [1.165, 1.54) is 0 Å². The maximum Gasteiger partial charge on any atom is 0.193 e. The second kappa shape index (κ2) is 9.25. The molecule has 1 unspecified atom stereocenters. The lowest BCUT2D eigenvalue weighted by molar-refractivity contribution is 0.157. The van der Waals surface area contributed by atoms with Crippen molar-refractivity contribution in [3.05, 3.63) is 60.2 Å². The van der Waals surface area contributed by atoms with Crippen molar-refractivity contribution in [1.82, 2.24) is 10.2 Å². The predicted octanol–water partition coefficient (Wildman–Crippen LogP) is 3.52. The highest BCUT2D eigenvalue weighted by molar-refractivity contribution is 5.80. The van der Waals surface area contributed by atoms with Crippen molar-refractivity contribution in [2.75, 3.05) is 33.9 Å². The first kappa shape index (κ1) is 18.3. The molecule has 0 bridgehead atoms. The van der Waals surface area contributed by atoms with Crippen molar-refractivity contribution in [2.24, 2.45) is 10.9 Å². The quantitative estimate of drug-likeness (QED) is 0.637. The van der Waals surface area contributed by atoms with Gasteiger partial charge in [0, 0.05) is 39.7 Å². The molecule has 0 aliphatic carbocycles. The zero-order valence-electron chi connectivity index (χ0n) is 15.5. The first-order valence-electron chi connectivity index (χ1n) is 9.05. The molecule has 138 valence electrons. The number of methoxy groups -OCH3 is 1. The number of likely N-dealkylation sites (tertiary alicyclic amines) is 1. The Kier molecular flexibility index (Phi) is 6.50. The van der Waals surface area contributed by atoms with Gasteiger partial charge in [0.25, 0.3) is 0 Å². The van der Waals surface area contributed by atoms with Crippen LogP contribution in [-0.2, 0) is 11.3 Å². The van der Waals surface area contributed by atoms with Gasteiger partial charge >= 0.3 is 0 Å². The molecule has 0 radical (unpaired) electrons. The van der Waals surface area contributed by atoms with Crippen LogP contribution >= 0.6 is 0 Å². The lowest BCUT2D eigenvalue weighted by Crippen LogP contribution is -2.39. The molecule has 1 atom stereocenters. The predicted molar refractivity (Wildman–Crippen MR) is 105 cm³/mol. The van der Waals surface area contributed by atoms with Crippen LogP contribution in [0.15, 0.2) is 59.6 Å². The molecule has 1 aliphatic rings. The number of hydrogen-bond donors (Lipinski definition) is 1. The number of nitrogens with zero attached hydrogens (tertiary/aromatic N) is 2. The van der Waals surface area contributed by atoms with Crippen LogP contribution in [0, 0.1) is 5.92 Å². The second-order valence-electron chi connectivity index (χ2n) is 6.52. The minimum absolute atomic E-state index is 0.584. The van der Waals surface area contributed by atoms with Crippen molar-refractivity contribution in [3.63, 3.8) is 0 Å². The Hall–Kier alpha value is -2.53. The minimum Gasteiger partial charge on any atom is -0.457 e. The lowest BCUT2D eigenvalue weighted by Gasteiger charge is -2.21. The molecule has 26 heavy (non-hydrogen) atoms. The van der Waals surface area contributed by atoms with Crippen molar-refractivity contribution in [2.45, 2.75) is 13.0 Å². The molecule has 1 saturated heterocycles. The SMILES string of the molecule is CN=C(NCc1cccc(Oc2ccccc2)c1)N1CCC(COC)C1. The summed E-state index contributed by atoms with van der Waals surface area (Å²) in [6, 6.07) is 18.0. The highest BCUT2D eigenvalue weighted by atomic mass is 16.5. The topological polar surface area (TPSA) is 46.1 Å². The van der Waals surface area contributed by atoms with Gasteiger partial charge in [-0.2, -0.15) is 0 Å². The third-order valence-electron chi connectivity index (χ3n) is 4.53. The average molecular weight is 353 g/mol. The fraction of sp³-hybridized carbons (Fsp3) is 0.381. The molecule has 2 aromatic carbocycles. The third-order valence-corrected chi connectivity index (χ3v) is 4.53. The van der Waals surface area contributed by atoms with Crippen LogP contribution < -0.4 is 10.1 Å². The van der Waals surface area contributed by atoms with E-state index in [4.69, 9.17) is 9.47 Å². The number of nitrogens with one attached hydrogen (secondary N) is 1. The monoisotopic (exact) mass is 353 g/mol. The molecule has 1 fully saturated rings. The van der Waals surface area contributed by atoms with Gasteiger partial charge in [-0.05, 0) is 36.2 Å². The number of ether oxygens (including phenoxy) is 2. The summed E-state index contributed by atoms with van der Waals surface area (Å²) < 4.78 is 11.2. The summed E-state index contributed by atoms with van der Waals surface area (Å²) in [7, 11) is 3.60. The van der Waals surface area contributed by atoms with Crippen LogP contribution in [0.4, 0.5) is 0 Å². The lowest BCUT2D eigenvalue weighted by atomic mass is 10.1. The van der Waals surface area contributed by atoms with Crippen molar-refractivity contribution < 1.29 is 9.47 Å². The molecule has 3 rings (SSSR count). The van der Waals surface area contributed by atoms with E-state index in [-0.39, 0.29) is 0 Å². The van der Waals surface area contributed by atoms with Gasteiger partial charge in [-0.25, -0.2) is 0 Å². The summed E-state index contributed by atoms with van der Waals surface area (Å²) >= 11 is 0. The number of hydrogen-bond acceptors (Lipinski definition) is 3. The minimum atomic E-state index is 0.584. The van der Waals surface area contributed by atoms with E-state index >= 15 is 0 Å². The summed E-state index contributed by atoms with van der Waals surface area (Å²) in [5.41, 5.74) is 1.16. The molecule has 0 amide bonds. The van der Waals surface area contributed by atoms with Gasteiger partial charge in [0.15, 0.2) is 5.96 Å². The van der Waals surface area contributed by atoms with Crippen LogP contribution in [-0.4, -0.2) is 44.7 Å². The normalized spacial score (nSPS) is 17.4. The fourth-order valence-electron chi connectivity index (χ4n) is 3.25. The van der Waals surface area contributed by atoms with Crippen LogP contribution in [0.25, 0.3) is 0 Å². The number of benzene rings is 2. The molecule has 2 aromatic rings. The number of aliphatic imine (C=N–C) groups is 1. The smallest absolute Gasteiger partial charge is 0.193 e. The largest absolute Gasteiger partial charge is 0.457 e. The molecular weight excluding hydrogens is 326 g/mol. The number of rotatable bonds is 6. The van der Waals surface area contributed by atoms with E-state index in [2.05, 4.69) is 27.3 Å². The fourth-order valence-corrected chi connectivity index (χ4v) is 3.25. The summed E-state index contributed by atoms with van der Waals surface area (Å²) in [5, 5.41) is 3.46. The molecule has 0 saturated carbocycles. The van der Waals surface area contributed by atoms with Gasteiger partial charge in [0.1, 0.15) is 11.5 Å². The van der Waals surface area contributed by atoms with Crippen molar-refractivity contribution >= 4 is 5.96 Å². The Labute approximate surface area is 155 Å². The zero-order valence-corrected chi connectivity index (χ0v) is 15.5. The molecule has 0 aromatic heterocycles. The second-order valence-corrected chi connectivity index (χ2v) is 6.52. The Balaban J connectivity index is 1.56. The van der Waals surface area contributed by atoms with E-state index in [9.17, 15) is 0 Å². The Morgan fingerprint density at radius 3 is 2.73 bits per heavy atom. The molecular formula is C21H27N3O2. The third kappa shape index (κ3) is 4.99. The van der Waals surface area contributed by atoms with Gasteiger partial charge in [-0.3, -0.25) is 4.99 Å². The van der Waals surface area contributed by atoms with Crippen molar-refractivity contribution in [3.8, 4) is 11.5 Å². The Bertz CT molecular complexity index is 718. The summed E-state index contributed by atoms with van der Waals surface area (Å²) in [4.78, 5) is 6.73. The molecule has 1 heterocycles. The standard InChI is InChI=1S/C21H27N3O2/c1-22-21(24-12-11-18(15-24)16-25-2)23-14-17-7-6-10-20(13-17)26-19-8-4-3-5-9-19/h3-10,13,18H,11-12,14-16H2,1-2H3,(H,22,23). The number of para-hydroxylation sites is 1. The van der Waals surface area contributed by atoms with E-state index in [0.717, 1.165) is 49.1 Å². The Morgan fingerprint density at radius 2 is 1.96 bits per heavy atom. The van der Waals surface area contributed by atoms with Crippen molar-refractivity contribution in [1.29, 1.82) is 0 Å². The highest BCUT2D eigenvalue weighted by Gasteiger charge is 2.24. The van der Waals surface area contributed by atoms with Gasteiger partial charge in [0.2, 0.25) is 0 Å². The van der Waals surface area contributed by atoms with Crippen LogP contribution in [0.5, 0.6) is 11.5 Å². The number of guanidine groups is 1. The van der Waals surface area contributed by atoms with E-state index in [1.807, 2.05) is 49.5 Å². The maximum atomic E-state index is 5.91. The van der Waals surface area contributed by atoms with Crippen LogP contribution in [0.1, 0.15) is 12.0 Å². The first-order chi connectivity index (χ1) is 12.8. The van der Waals surface area contributed by atoms with Gasteiger partial charge in [-0.15, -0.1) is 0 Å². The average Bonchev–Trinajstić information content (AvgIpc) is 3.12. The summed E-state index contributed by atoms with van der Waals surface area (Å²) in [6.07, 6.45) is 1.15. The summed E-state index contributed by atoms with van der Waals surface area (Å²) in [5.74, 6) is 3.21. The van der Waals surface area contributed by atoms with Crippen LogP contribution in [0.3, 0.4) is 0 Å². The summed E-state index contributed by atoms with van der Waals surface area (Å²) in [6.45, 7) is 3.53. The van der Waals surface area contributed by atoms with Gasteiger partial charge in [-0.1, -0.05) is 30.3 Å². The maximum absolute atomic E-state index is 5.91. The molecule has 0 spiro atoms. The first-order valence-corrected chi connectivity index (χ1v) is 9.05. The van der Waals surface area contributed by atoms with E-state index in [0.29, 0.717) is 12.5 Å². The molecule has 5 nitrogen and oxygen atoms in total.